The van der Waals surface area contributed by atoms with Crippen LogP contribution in [-0.4, -0.2) is 41.2 Å². The third-order valence-corrected chi connectivity index (χ3v) is 4.81. The van der Waals surface area contributed by atoms with E-state index in [4.69, 9.17) is 0 Å². The summed E-state index contributed by atoms with van der Waals surface area (Å²) < 4.78 is 13.5. The van der Waals surface area contributed by atoms with Crippen LogP contribution in [-0.2, 0) is 4.79 Å². The Kier molecular flexibility index (Phi) is 7.02. The van der Waals surface area contributed by atoms with Gasteiger partial charge in [-0.3, -0.25) is 9.78 Å². The number of piperazine rings is 1. The summed E-state index contributed by atoms with van der Waals surface area (Å²) in [4.78, 5) is 19.4. The first-order chi connectivity index (χ1) is 11.2. The molecule has 0 spiro atoms. The molecule has 2 aromatic rings. The molecule has 1 aromatic heterocycles. The van der Waals surface area contributed by atoms with Crippen LogP contribution < -0.4 is 5.32 Å². The largest absolute Gasteiger partial charge is 0.332 e. The van der Waals surface area contributed by atoms with Crippen LogP contribution in [0.5, 0.6) is 0 Å². The fourth-order valence-electron chi connectivity index (χ4n) is 2.68. The van der Waals surface area contributed by atoms with E-state index in [1.807, 2.05) is 23.1 Å². The second-order valence-electron chi connectivity index (χ2n) is 5.33. The average molecular weight is 368 g/mol. The number of hydrogen-bond acceptors (Lipinski definition) is 4. The van der Waals surface area contributed by atoms with Crippen molar-refractivity contribution in [1.82, 2.24) is 15.2 Å². The molecule has 0 aliphatic carbocycles. The second-order valence-corrected chi connectivity index (χ2v) is 6.38. The van der Waals surface area contributed by atoms with Crippen LogP contribution in [0.2, 0.25) is 0 Å². The predicted octanol–water partition coefficient (Wildman–Crippen LogP) is 2.91. The molecular weight excluding hydrogens is 349 g/mol. The maximum absolute atomic E-state index is 13.5. The standard InChI is InChI=1S/C17H18FN3OS.ClH/c18-14-3-1-2-13(10-14)16-11-20-8-9-21(16)17(22)12-23-15-4-6-19-7-5-15;/h1-7,10,16,20H,8-9,11-12H2;1H. The topological polar surface area (TPSA) is 45.2 Å². The van der Waals surface area contributed by atoms with Gasteiger partial charge in [0.15, 0.2) is 0 Å². The highest BCUT2D eigenvalue weighted by atomic mass is 35.5. The number of aromatic nitrogens is 1. The normalized spacial score (nSPS) is 17.2. The Morgan fingerprint density at radius 1 is 1.33 bits per heavy atom. The van der Waals surface area contributed by atoms with E-state index in [2.05, 4.69) is 10.3 Å². The van der Waals surface area contributed by atoms with Crippen molar-refractivity contribution in [2.75, 3.05) is 25.4 Å². The summed E-state index contributed by atoms with van der Waals surface area (Å²) in [7, 11) is 0. The number of nitrogens with one attached hydrogen (secondary N) is 1. The molecule has 1 fully saturated rings. The first-order valence-corrected chi connectivity index (χ1v) is 8.51. The second kappa shape index (κ2) is 9.01. The highest BCUT2D eigenvalue weighted by molar-refractivity contribution is 8.00. The number of carbonyl (C=O) groups excluding carboxylic acids is 1. The minimum Gasteiger partial charge on any atom is -0.332 e. The summed E-state index contributed by atoms with van der Waals surface area (Å²) in [5.41, 5.74) is 0.833. The van der Waals surface area contributed by atoms with Gasteiger partial charge in [0.1, 0.15) is 5.82 Å². The molecule has 1 unspecified atom stereocenters. The number of carbonyl (C=O) groups is 1. The van der Waals surface area contributed by atoms with Crippen LogP contribution in [0, 0.1) is 5.82 Å². The molecule has 1 amide bonds. The van der Waals surface area contributed by atoms with Crippen molar-refractivity contribution in [3.63, 3.8) is 0 Å². The lowest BCUT2D eigenvalue weighted by molar-refractivity contribution is -0.131. The highest BCUT2D eigenvalue weighted by Crippen LogP contribution is 2.25. The van der Waals surface area contributed by atoms with Crippen LogP contribution in [0.25, 0.3) is 0 Å². The van der Waals surface area contributed by atoms with E-state index < -0.39 is 0 Å². The molecule has 1 aliphatic heterocycles. The van der Waals surface area contributed by atoms with E-state index in [0.29, 0.717) is 18.8 Å². The molecule has 0 radical (unpaired) electrons. The smallest absolute Gasteiger partial charge is 0.233 e. The molecule has 0 bridgehead atoms. The fourth-order valence-corrected chi connectivity index (χ4v) is 3.45. The highest BCUT2D eigenvalue weighted by Gasteiger charge is 2.27. The zero-order chi connectivity index (χ0) is 16.1. The van der Waals surface area contributed by atoms with Crippen molar-refractivity contribution in [2.45, 2.75) is 10.9 Å². The van der Waals surface area contributed by atoms with Crippen molar-refractivity contribution >= 4 is 30.1 Å². The maximum Gasteiger partial charge on any atom is 0.233 e. The molecule has 2 heterocycles. The average Bonchev–Trinajstić information content (AvgIpc) is 2.60. The zero-order valence-electron chi connectivity index (χ0n) is 13.0. The van der Waals surface area contributed by atoms with Gasteiger partial charge in [-0.25, -0.2) is 4.39 Å². The molecular formula is C17H19ClFN3OS. The number of nitrogens with zero attached hydrogens (tertiary/aromatic N) is 2. The molecule has 1 aliphatic rings. The molecule has 24 heavy (non-hydrogen) atoms. The lowest BCUT2D eigenvalue weighted by atomic mass is 10.0. The van der Waals surface area contributed by atoms with Crippen molar-refractivity contribution in [1.29, 1.82) is 0 Å². The monoisotopic (exact) mass is 367 g/mol. The molecule has 3 rings (SSSR count). The van der Waals surface area contributed by atoms with E-state index in [1.165, 1.54) is 23.9 Å². The molecule has 1 saturated heterocycles. The minimum atomic E-state index is -0.272. The van der Waals surface area contributed by atoms with Gasteiger partial charge in [0.25, 0.3) is 0 Å². The Bertz CT molecular complexity index is 674. The lowest BCUT2D eigenvalue weighted by Gasteiger charge is -2.36. The van der Waals surface area contributed by atoms with E-state index in [0.717, 1.165) is 17.0 Å². The fraction of sp³-hybridized carbons (Fsp3) is 0.294. The van der Waals surface area contributed by atoms with Gasteiger partial charge < -0.3 is 10.2 Å². The summed E-state index contributed by atoms with van der Waals surface area (Å²) in [6.45, 7) is 2.05. The van der Waals surface area contributed by atoms with Crippen LogP contribution in [0.15, 0.2) is 53.7 Å². The summed E-state index contributed by atoms with van der Waals surface area (Å²) in [6, 6.07) is 10.1. The summed E-state index contributed by atoms with van der Waals surface area (Å²) in [6.07, 6.45) is 3.43. The SMILES string of the molecule is Cl.O=C(CSc1ccncc1)N1CCNCC1c1cccc(F)c1. The van der Waals surface area contributed by atoms with Gasteiger partial charge in [-0.05, 0) is 29.8 Å². The van der Waals surface area contributed by atoms with Gasteiger partial charge in [0.05, 0.1) is 11.8 Å². The molecule has 1 aromatic carbocycles. The van der Waals surface area contributed by atoms with Crippen LogP contribution in [0.3, 0.4) is 0 Å². The molecule has 1 atom stereocenters. The third-order valence-electron chi connectivity index (χ3n) is 3.81. The quantitative estimate of drug-likeness (QED) is 0.844. The van der Waals surface area contributed by atoms with E-state index in [-0.39, 0.29) is 30.2 Å². The molecule has 4 nitrogen and oxygen atoms in total. The molecule has 1 N–H and O–H groups in total. The number of thioether (sulfide) groups is 1. The Labute approximate surface area is 151 Å². The lowest BCUT2D eigenvalue weighted by Crippen LogP contribution is -2.49. The van der Waals surface area contributed by atoms with E-state index >= 15 is 0 Å². The van der Waals surface area contributed by atoms with Gasteiger partial charge in [-0.15, -0.1) is 24.2 Å². The van der Waals surface area contributed by atoms with Gasteiger partial charge >= 0.3 is 0 Å². The van der Waals surface area contributed by atoms with Crippen molar-refractivity contribution in [3.05, 3.63) is 60.2 Å². The Morgan fingerprint density at radius 3 is 2.88 bits per heavy atom. The number of amides is 1. The number of rotatable bonds is 4. The first-order valence-electron chi connectivity index (χ1n) is 7.52. The van der Waals surface area contributed by atoms with Crippen molar-refractivity contribution in [2.24, 2.45) is 0 Å². The summed E-state index contributed by atoms with van der Waals surface area (Å²) >= 11 is 1.50. The number of halogens is 2. The number of benzene rings is 1. The van der Waals surface area contributed by atoms with E-state index in [1.54, 1.807) is 18.5 Å². The summed E-state index contributed by atoms with van der Waals surface area (Å²) in [5, 5.41) is 3.28. The van der Waals surface area contributed by atoms with E-state index in [9.17, 15) is 9.18 Å². The Morgan fingerprint density at radius 2 is 2.12 bits per heavy atom. The van der Waals surface area contributed by atoms with Gasteiger partial charge in [0, 0.05) is 36.9 Å². The van der Waals surface area contributed by atoms with Crippen molar-refractivity contribution < 1.29 is 9.18 Å². The van der Waals surface area contributed by atoms with Gasteiger partial charge in [-0.2, -0.15) is 0 Å². The van der Waals surface area contributed by atoms with Crippen molar-refractivity contribution in [3.8, 4) is 0 Å². The predicted molar refractivity (Wildman–Crippen MR) is 95.9 cm³/mol. The van der Waals surface area contributed by atoms with Crippen LogP contribution in [0.4, 0.5) is 4.39 Å². The zero-order valence-corrected chi connectivity index (χ0v) is 14.7. The molecule has 7 heteroatoms. The van der Waals surface area contributed by atoms with Gasteiger partial charge in [0.2, 0.25) is 5.91 Å². The van der Waals surface area contributed by atoms with Crippen LogP contribution in [0.1, 0.15) is 11.6 Å². The van der Waals surface area contributed by atoms with Gasteiger partial charge in [-0.1, -0.05) is 12.1 Å². The summed E-state index contributed by atoms with van der Waals surface area (Å²) in [5.74, 6) is 0.171. The number of hydrogen-bond donors (Lipinski definition) is 1. The number of pyridine rings is 1. The molecule has 128 valence electrons. The van der Waals surface area contributed by atoms with Crippen LogP contribution >= 0.6 is 24.2 Å². The Hall–Kier alpha value is -1.63. The minimum absolute atomic E-state index is 0. The molecule has 0 saturated carbocycles. The first kappa shape index (κ1) is 18.7. The third kappa shape index (κ3) is 4.69. The maximum atomic E-state index is 13.5. The Balaban J connectivity index is 0.00000208.